The lowest BCUT2D eigenvalue weighted by molar-refractivity contribution is 0.126. The zero-order chi connectivity index (χ0) is 9.52. The van der Waals surface area contributed by atoms with Gasteiger partial charge in [0, 0.05) is 12.6 Å². The van der Waals surface area contributed by atoms with E-state index < -0.39 is 0 Å². The quantitative estimate of drug-likeness (QED) is 0.721. The number of hydrogen-bond donors (Lipinski definition) is 1. The van der Waals surface area contributed by atoms with Crippen LogP contribution in [-0.4, -0.2) is 24.2 Å². The average molecular weight is 184 g/mol. The molecule has 0 fully saturated rings. The van der Waals surface area contributed by atoms with Crippen molar-refractivity contribution in [2.24, 2.45) is 0 Å². The Morgan fingerprint density at radius 1 is 1.69 bits per heavy atom. The second-order valence-electron chi connectivity index (χ2n) is 2.91. The van der Waals surface area contributed by atoms with E-state index in [0.29, 0.717) is 12.6 Å². The number of aromatic nitrogens is 1. The van der Waals surface area contributed by atoms with Gasteiger partial charge < -0.3 is 14.5 Å². The van der Waals surface area contributed by atoms with E-state index in [-0.39, 0.29) is 0 Å². The monoisotopic (exact) mass is 184 g/mol. The van der Waals surface area contributed by atoms with E-state index in [4.69, 9.17) is 9.15 Å². The minimum Gasteiger partial charge on any atom is -0.447 e. The Morgan fingerprint density at radius 3 is 3.15 bits per heavy atom. The van der Waals surface area contributed by atoms with Gasteiger partial charge in [-0.1, -0.05) is 0 Å². The van der Waals surface area contributed by atoms with Gasteiger partial charge in [-0.05, 0) is 13.8 Å². The third-order valence-electron chi connectivity index (χ3n) is 1.68. The van der Waals surface area contributed by atoms with Crippen molar-refractivity contribution in [3.63, 3.8) is 0 Å². The van der Waals surface area contributed by atoms with Gasteiger partial charge in [0.2, 0.25) is 0 Å². The lowest BCUT2D eigenvalue weighted by Gasteiger charge is -2.11. The van der Waals surface area contributed by atoms with E-state index in [0.717, 1.165) is 19.0 Å². The second kappa shape index (κ2) is 5.72. The van der Waals surface area contributed by atoms with Crippen LogP contribution in [-0.2, 0) is 11.3 Å². The summed E-state index contributed by atoms with van der Waals surface area (Å²) < 4.78 is 10.3. The van der Waals surface area contributed by atoms with E-state index >= 15 is 0 Å². The van der Waals surface area contributed by atoms with Crippen LogP contribution in [0, 0.1) is 0 Å². The van der Waals surface area contributed by atoms with Crippen LogP contribution in [0.4, 0.5) is 0 Å². The molecule has 1 heterocycles. The smallest absolute Gasteiger partial charge is 0.180 e. The molecule has 0 aromatic carbocycles. The number of rotatable bonds is 6. The van der Waals surface area contributed by atoms with Crippen molar-refractivity contribution in [2.45, 2.75) is 26.4 Å². The fraction of sp³-hybridized carbons (Fsp3) is 0.667. The van der Waals surface area contributed by atoms with Gasteiger partial charge in [0.1, 0.15) is 5.76 Å². The summed E-state index contributed by atoms with van der Waals surface area (Å²) in [4.78, 5) is 3.82. The highest BCUT2D eigenvalue weighted by Gasteiger charge is 2.02. The van der Waals surface area contributed by atoms with Crippen molar-refractivity contribution in [3.05, 3.63) is 18.4 Å². The Morgan fingerprint density at radius 2 is 2.54 bits per heavy atom. The van der Waals surface area contributed by atoms with E-state index in [9.17, 15) is 0 Å². The van der Waals surface area contributed by atoms with Crippen LogP contribution >= 0.6 is 0 Å². The first-order valence-electron chi connectivity index (χ1n) is 4.51. The number of oxazole rings is 1. The molecule has 0 aliphatic carbocycles. The van der Waals surface area contributed by atoms with E-state index in [1.807, 2.05) is 6.92 Å². The van der Waals surface area contributed by atoms with Gasteiger partial charge in [-0.3, -0.25) is 0 Å². The zero-order valence-electron chi connectivity index (χ0n) is 8.12. The van der Waals surface area contributed by atoms with Gasteiger partial charge in [0.15, 0.2) is 6.39 Å². The summed E-state index contributed by atoms with van der Waals surface area (Å²) in [5.41, 5.74) is 0. The van der Waals surface area contributed by atoms with Crippen molar-refractivity contribution in [1.82, 2.24) is 10.3 Å². The van der Waals surface area contributed by atoms with Crippen molar-refractivity contribution < 1.29 is 9.15 Å². The minimum absolute atomic E-state index is 0.338. The Hall–Kier alpha value is -0.870. The zero-order valence-corrected chi connectivity index (χ0v) is 8.12. The van der Waals surface area contributed by atoms with E-state index in [2.05, 4.69) is 17.2 Å². The molecule has 1 aromatic heterocycles. The van der Waals surface area contributed by atoms with Gasteiger partial charge in [-0.15, -0.1) is 0 Å². The lowest BCUT2D eigenvalue weighted by Crippen LogP contribution is -2.29. The first-order valence-corrected chi connectivity index (χ1v) is 4.51. The molecule has 0 amide bonds. The molecule has 0 saturated heterocycles. The topological polar surface area (TPSA) is 47.3 Å². The molecule has 0 radical (unpaired) electrons. The molecule has 1 aromatic rings. The van der Waals surface area contributed by atoms with Crippen molar-refractivity contribution in [2.75, 3.05) is 13.2 Å². The third kappa shape index (κ3) is 4.05. The number of ether oxygens (including phenoxy) is 1. The third-order valence-corrected chi connectivity index (χ3v) is 1.68. The fourth-order valence-corrected chi connectivity index (χ4v) is 0.958. The summed E-state index contributed by atoms with van der Waals surface area (Å²) in [6.45, 7) is 6.25. The number of hydrogen-bond acceptors (Lipinski definition) is 4. The summed E-state index contributed by atoms with van der Waals surface area (Å²) in [6.07, 6.45) is 3.14. The van der Waals surface area contributed by atoms with Crippen molar-refractivity contribution in [3.8, 4) is 0 Å². The summed E-state index contributed by atoms with van der Waals surface area (Å²) >= 11 is 0. The van der Waals surface area contributed by atoms with Gasteiger partial charge in [0.25, 0.3) is 0 Å². The molecule has 0 aliphatic heterocycles. The molecular weight excluding hydrogens is 168 g/mol. The van der Waals surface area contributed by atoms with Gasteiger partial charge in [-0.25, -0.2) is 4.98 Å². The largest absolute Gasteiger partial charge is 0.447 e. The summed E-state index contributed by atoms with van der Waals surface area (Å²) in [7, 11) is 0. The maximum Gasteiger partial charge on any atom is 0.180 e. The standard InChI is InChI=1S/C9H16N2O2/c1-3-12-6-8(2)11-5-9-4-10-7-13-9/h4,7-8,11H,3,5-6H2,1-2H3. The SMILES string of the molecule is CCOCC(C)NCc1cnco1. The second-order valence-corrected chi connectivity index (χ2v) is 2.91. The number of nitrogens with zero attached hydrogens (tertiary/aromatic N) is 1. The predicted octanol–water partition coefficient (Wildman–Crippen LogP) is 1.19. The van der Waals surface area contributed by atoms with Crippen molar-refractivity contribution in [1.29, 1.82) is 0 Å². The molecule has 4 heteroatoms. The molecule has 13 heavy (non-hydrogen) atoms. The Labute approximate surface area is 78.3 Å². The fourth-order valence-electron chi connectivity index (χ4n) is 0.958. The van der Waals surface area contributed by atoms with E-state index in [1.165, 1.54) is 6.39 Å². The van der Waals surface area contributed by atoms with Crippen LogP contribution in [0.25, 0.3) is 0 Å². The molecule has 1 unspecified atom stereocenters. The first-order chi connectivity index (χ1) is 6.33. The van der Waals surface area contributed by atoms with Crippen LogP contribution < -0.4 is 5.32 Å². The normalized spacial score (nSPS) is 13.1. The molecule has 0 spiro atoms. The summed E-state index contributed by atoms with van der Waals surface area (Å²) in [5, 5.41) is 3.26. The summed E-state index contributed by atoms with van der Waals surface area (Å²) in [6, 6.07) is 0.338. The van der Waals surface area contributed by atoms with Crippen molar-refractivity contribution >= 4 is 0 Å². The maximum atomic E-state index is 5.26. The lowest BCUT2D eigenvalue weighted by atomic mass is 10.3. The predicted molar refractivity (Wildman–Crippen MR) is 49.3 cm³/mol. The molecule has 1 N–H and O–H groups in total. The first kappa shape index (κ1) is 10.2. The highest BCUT2D eigenvalue weighted by Crippen LogP contribution is 1.96. The molecule has 1 rings (SSSR count). The molecule has 0 saturated carbocycles. The molecule has 4 nitrogen and oxygen atoms in total. The molecule has 0 aliphatic rings. The molecular formula is C9H16N2O2. The molecule has 1 atom stereocenters. The van der Waals surface area contributed by atoms with Gasteiger partial charge >= 0.3 is 0 Å². The Kier molecular flexibility index (Phi) is 4.49. The molecule has 74 valence electrons. The van der Waals surface area contributed by atoms with Gasteiger partial charge in [0.05, 0.1) is 19.3 Å². The van der Waals surface area contributed by atoms with Crippen LogP contribution in [0.15, 0.2) is 17.0 Å². The average Bonchev–Trinajstić information content (AvgIpc) is 2.64. The highest BCUT2D eigenvalue weighted by molar-refractivity contribution is 4.87. The van der Waals surface area contributed by atoms with Crippen LogP contribution in [0.2, 0.25) is 0 Å². The van der Waals surface area contributed by atoms with Crippen LogP contribution in [0.1, 0.15) is 19.6 Å². The van der Waals surface area contributed by atoms with E-state index in [1.54, 1.807) is 6.20 Å². The Balaban J connectivity index is 2.11. The summed E-state index contributed by atoms with van der Waals surface area (Å²) in [5.74, 6) is 0.850. The van der Waals surface area contributed by atoms with Gasteiger partial charge in [-0.2, -0.15) is 0 Å². The maximum absolute atomic E-state index is 5.26. The van der Waals surface area contributed by atoms with Crippen LogP contribution in [0.5, 0.6) is 0 Å². The highest BCUT2D eigenvalue weighted by atomic mass is 16.5. The Bertz CT molecular complexity index is 211. The molecule has 0 bridgehead atoms. The van der Waals surface area contributed by atoms with Crippen LogP contribution in [0.3, 0.4) is 0 Å². The minimum atomic E-state index is 0.338. The number of nitrogens with one attached hydrogen (secondary N) is 1.